The van der Waals surface area contributed by atoms with Crippen molar-refractivity contribution in [2.45, 2.75) is 4.90 Å². The number of ether oxygens (including phenoxy) is 1. The van der Waals surface area contributed by atoms with E-state index < -0.39 is 15.9 Å². The fraction of sp³-hybridized carbons (Fsp3) is 0. The van der Waals surface area contributed by atoms with Gasteiger partial charge in [0, 0.05) is 5.02 Å². The number of nitriles is 1. The van der Waals surface area contributed by atoms with Crippen molar-refractivity contribution >= 4 is 73.7 Å². The summed E-state index contributed by atoms with van der Waals surface area (Å²) in [6.45, 7) is 0. The Bertz CT molecular complexity index is 1660. The van der Waals surface area contributed by atoms with Gasteiger partial charge in [-0.15, -0.1) is 0 Å². The fourth-order valence-corrected chi connectivity index (χ4v) is 5.28. The average Bonchev–Trinajstić information content (AvgIpc) is 2.88. The van der Waals surface area contributed by atoms with Gasteiger partial charge >= 0.3 is 0 Å². The Morgan fingerprint density at radius 1 is 0.842 bits per heavy atom. The third kappa shape index (κ3) is 6.33. The summed E-state index contributed by atoms with van der Waals surface area (Å²) in [7, 11) is -4.12. The van der Waals surface area contributed by atoms with E-state index in [9.17, 15) is 13.2 Å². The van der Waals surface area contributed by atoms with Crippen molar-refractivity contribution in [1.29, 1.82) is 5.26 Å². The summed E-state index contributed by atoms with van der Waals surface area (Å²) in [6.07, 6.45) is 0. The SMILES string of the molecule is N#Cc1cc(Cl)c(NC(=O)c2cc(Cl)ccc2NS(=O)(=O)c2ccc(Oc3ccccc3Cl)cc2)c(Cl)c1. The van der Waals surface area contributed by atoms with Crippen LogP contribution in [0.2, 0.25) is 20.1 Å². The van der Waals surface area contributed by atoms with Gasteiger partial charge in [-0.05, 0) is 66.7 Å². The molecule has 7 nitrogen and oxygen atoms in total. The van der Waals surface area contributed by atoms with E-state index in [1.165, 1.54) is 54.6 Å². The van der Waals surface area contributed by atoms with E-state index in [1.807, 2.05) is 6.07 Å². The maximum absolute atomic E-state index is 13.1. The van der Waals surface area contributed by atoms with Crippen molar-refractivity contribution in [3.8, 4) is 17.6 Å². The van der Waals surface area contributed by atoms with Crippen LogP contribution in [-0.4, -0.2) is 14.3 Å². The third-order valence-corrected chi connectivity index (χ3v) is 7.60. The first-order valence-electron chi connectivity index (χ1n) is 10.6. The Morgan fingerprint density at radius 2 is 1.50 bits per heavy atom. The van der Waals surface area contributed by atoms with E-state index in [2.05, 4.69) is 10.0 Å². The Labute approximate surface area is 238 Å². The van der Waals surface area contributed by atoms with Crippen molar-refractivity contribution in [1.82, 2.24) is 0 Å². The van der Waals surface area contributed by atoms with Crippen LogP contribution in [0.15, 0.2) is 83.8 Å². The number of benzene rings is 4. The second-order valence-corrected chi connectivity index (χ2v) is 11.0. The lowest BCUT2D eigenvalue weighted by molar-refractivity contribution is 0.102. The molecule has 0 aliphatic carbocycles. The molecule has 4 aromatic carbocycles. The van der Waals surface area contributed by atoms with E-state index in [4.69, 9.17) is 56.4 Å². The molecule has 0 saturated heterocycles. The van der Waals surface area contributed by atoms with Crippen LogP contribution in [0.25, 0.3) is 0 Å². The second kappa shape index (κ2) is 11.5. The minimum absolute atomic E-state index is 0.0330. The first-order valence-corrected chi connectivity index (χ1v) is 13.6. The minimum atomic E-state index is -4.12. The maximum atomic E-state index is 13.1. The molecule has 4 aromatic rings. The molecule has 0 bridgehead atoms. The van der Waals surface area contributed by atoms with Gasteiger partial charge in [0.1, 0.15) is 11.5 Å². The van der Waals surface area contributed by atoms with Gasteiger partial charge in [0.15, 0.2) is 0 Å². The molecule has 0 radical (unpaired) electrons. The number of para-hydroxylation sites is 1. The van der Waals surface area contributed by atoms with E-state index in [0.717, 1.165) is 0 Å². The van der Waals surface area contributed by atoms with Gasteiger partial charge in [-0.3, -0.25) is 9.52 Å². The zero-order chi connectivity index (χ0) is 27.4. The number of nitrogens with zero attached hydrogens (tertiary/aromatic N) is 1. The lowest BCUT2D eigenvalue weighted by atomic mass is 10.1. The number of anilines is 2. The molecule has 192 valence electrons. The largest absolute Gasteiger partial charge is 0.456 e. The smallest absolute Gasteiger partial charge is 0.261 e. The van der Waals surface area contributed by atoms with Crippen molar-refractivity contribution < 1.29 is 17.9 Å². The lowest BCUT2D eigenvalue weighted by Gasteiger charge is -2.15. The molecule has 0 saturated carbocycles. The van der Waals surface area contributed by atoms with Gasteiger partial charge in [-0.2, -0.15) is 5.26 Å². The van der Waals surface area contributed by atoms with Crippen molar-refractivity contribution in [2.24, 2.45) is 0 Å². The Morgan fingerprint density at radius 3 is 2.13 bits per heavy atom. The highest BCUT2D eigenvalue weighted by Crippen LogP contribution is 2.34. The summed E-state index contributed by atoms with van der Waals surface area (Å²) in [5.41, 5.74) is 0.137. The highest BCUT2D eigenvalue weighted by molar-refractivity contribution is 7.92. The molecule has 0 aromatic heterocycles. The number of rotatable bonds is 7. The van der Waals surface area contributed by atoms with Crippen molar-refractivity contribution in [2.75, 3.05) is 10.0 Å². The monoisotopic (exact) mass is 605 g/mol. The number of amides is 1. The highest BCUT2D eigenvalue weighted by Gasteiger charge is 2.21. The topological polar surface area (TPSA) is 108 Å². The van der Waals surface area contributed by atoms with E-state index in [1.54, 1.807) is 24.3 Å². The predicted octanol–water partition coefficient (Wildman–Crippen LogP) is 8.02. The first-order chi connectivity index (χ1) is 18.1. The molecule has 0 atom stereocenters. The van der Waals surface area contributed by atoms with E-state index >= 15 is 0 Å². The highest BCUT2D eigenvalue weighted by atomic mass is 35.5. The van der Waals surface area contributed by atoms with Gasteiger partial charge < -0.3 is 10.1 Å². The van der Waals surface area contributed by atoms with E-state index in [0.29, 0.717) is 16.5 Å². The van der Waals surface area contributed by atoms with Crippen LogP contribution in [0.1, 0.15) is 15.9 Å². The first kappa shape index (κ1) is 27.6. The Hall–Kier alpha value is -3.45. The number of nitrogens with one attached hydrogen (secondary N) is 2. The summed E-state index contributed by atoms with van der Waals surface area (Å²) in [5.74, 6) is 0.0594. The predicted molar refractivity (Wildman–Crippen MR) is 149 cm³/mol. The third-order valence-electron chi connectivity index (χ3n) is 5.08. The average molecular weight is 607 g/mol. The zero-order valence-corrected chi connectivity index (χ0v) is 22.8. The number of hydrogen-bond donors (Lipinski definition) is 2. The van der Waals surface area contributed by atoms with Gasteiger partial charge in [-0.25, -0.2) is 8.42 Å². The van der Waals surface area contributed by atoms with Crippen LogP contribution in [0.3, 0.4) is 0 Å². The maximum Gasteiger partial charge on any atom is 0.261 e. The van der Waals surface area contributed by atoms with Crippen molar-refractivity contribution in [3.05, 3.63) is 110 Å². The number of carbonyl (C=O) groups is 1. The van der Waals surface area contributed by atoms with Crippen LogP contribution in [0.4, 0.5) is 11.4 Å². The molecule has 0 aliphatic rings. The normalized spacial score (nSPS) is 10.9. The summed E-state index contributed by atoms with van der Waals surface area (Å²) >= 11 is 24.5. The van der Waals surface area contributed by atoms with E-state index in [-0.39, 0.29) is 42.5 Å². The van der Waals surface area contributed by atoms with Gasteiger partial charge in [0.25, 0.3) is 15.9 Å². The van der Waals surface area contributed by atoms with Crippen LogP contribution in [-0.2, 0) is 10.0 Å². The van der Waals surface area contributed by atoms with Gasteiger partial charge in [-0.1, -0.05) is 58.5 Å². The molecule has 2 N–H and O–H groups in total. The summed E-state index contributed by atoms with van der Waals surface area (Å²) in [4.78, 5) is 13.0. The molecule has 38 heavy (non-hydrogen) atoms. The van der Waals surface area contributed by atoms with Gasteiger partial charge in [0.05, 0.1) is 48.5 Å². The van der Waals surface area contributed by atoms with Crippen LogP contribution in [0, 0.1) is 11.3 Å². The molecule has 12 heteroatoms. The van der Waals surface area contributed by atoms with Crippen molar-refractivity contribution in [3.63, 3.8) is 0 Å². The molecular formula is C26H15Cl4N3O4S. The van der Waals surface area contributed by atoms with Crippen LogP contribution in [0.5, 0.6) is 11.5 Å². The molecule has 0 fully saturated rings. The molecular weight excluding hydrogens is 592 g/mol. The number of carbonyl (C=O) groups excluding carboxylic acids is 1. The van der Waals surface area contributed by atoms with Crippen LogP contribution < -0.4 is 14.8 Å². The molecule has 0 heterocycles. The Balaban J connectivity index is 1.58. The number of sulfonamides is 1. The van der Waals surface area contributed by atoms with Gasteiger partial charge in [0.2, 0.25) is 0 Å². The zero-order valence-electron chi connectivity index (χ0n) is 19.0. The second-order valence-electron chi connectivity index (χ2n) is 7.68. The molecule has 1 amide bonds. The Kier molecular flexibility index (Phi) is 8.36. The molecule has 4 rings (SSSR count). The molecule has 0 aliphatic heterocycles. The molecule has 0 unspecified atom stereocenters. The minimum Gasteiger partial charge on any atom is -0.456 e. The summed E-state index contributed by atoms with van der Waals surface area (Å²) in [6, 6.07) is 21.2. The molecule has 0 spiro atoms. The fourth-order valence-electron chi connectivity index (χ4n) is 3.28. The summed E-state index contributed by atoms with van der Waals surface area (Å²) in [5, 5.41) is 12.3. The lowest BCUT2D eigenvalue weighted by Crippen LogP contribution is -2.19. The summed E-state index contributed by atoms with van der Waals surface area (Å²) < 4.78 is 34.3. The number of hydrogen-bond acceptors (Lipinski definition) is 5. The number of halogens is 4. The van der Waals surface area contributed by atoms with Crippen LogP contribution >= 0.6 is 46.4 Å². The standard InChI is InChI=1S/C26H15Cl4N3O4S/c27-16-5-10-23(19(13-16)26(34)32-25-21(29)11-15(14-31)12-22(25)30)33-38(35,36)18-8-6-17(7-9-18)37-24-4-2-1-3-20(24)28/h1-13,33H,(H,32,34). The quantitative estimate of drug-likeness (QED) is 0.221.